The van der Waals surface area contributed by atoms with Gasteiger partial charge in [-0.3, -0.25) is 0 Å². The number of carbonyl (C=O) groups is 1. The van der Waals surface area contributed by atoms with Crippen molar-refractivity contribution in [2.45, 2.75) is 151 Å². The number of carboxylic acid groups (broad SMARTS) is 1. The molecular formula is C27H46O13. The summed E-state index contributed by atoms with van der Waals surface area (Å²) in [7, 11) is 0. The molecule has 12 unspecified atom stereocenters. The highest BCUT2D eigenvalue weighted by atomic mass is 16.7. The zero-order chi connectivity index (χ0) is 29.0. The number of aliphatic hydroxyl groups excluding tert-OH is 6. The Morgan fingerprint density at radius 1 is 0.775 bits per heavy atom. The van der Waals surface area contributed by atoms with Crippen molar-refractivity contribution in [1.82, 2.24) is 0 Å². The Labute approximate surface area is 233 Å². The maximum atomic E-state index is 12.1. The normalized spacial score (nSPS) is 44.3. The average Bonchev–Trinajstić information content (AvgIpc) is 2.95. The molecule has 0 radical (unpaired) electrons. The highest BCUT2D eigenvalue weighted by Crippen LogP contribution is 2.34. The number of aliphatic hydroxyl groups is 6. The number of carboxylic acids is 1. The summed E-state index contributed by atoms with van der Waals surface area (Å²) in [5.74, 6) is -1.02. The minimum atomic E-state index is -1.57. The third kappa shape index (κ3) is 7.51. The fourth-order valence-corrected chi connectivity index (χ4v) is 6.30. The first-order valence-corrected chi connectivity index (χ1v) is 14.6. The van der Waals surface area contributed by atoms with Crippen LogP contribution in [0.3, 0.4) is 0 Å². The summed E-state index contributed by atoms with van der Waals surface area (Å²) < 4.78 is 29.2. The van der Waals surface area contributed by atoms with Gasteiger partial charge in [0.05, 0.1) is 24.9 Å². The van der Waals surface area contributed by atoms with Crippen LogP contribution in [0.15, 0.2) is 0 Å². The summed E-state index contributed by atoms with van der Waals surface area (Å²) in [5.41, 5.74) is 0. The summed E-state index contributed by atoms with van der Waals surface area (Å²) in [5, 5.41) is 72.2. The number of aliphatic carboxylic acids is 1. The van der Waals surface area contributed by atoms with Crippen LogP contribution in [0.4, 0.5) is 0 Å². The summed E-state index contributed by atoms with van der Waals surface area (Å²) in [4.78, 5) is 12.1. The van der Waals surface area contributed by atoms with Crippen LogP contribution in [0.1, 0.15) is 71.1 Å². The van der Waals surface area contributed by atoms with Crippen molar-refractivity contribution in [3.05, 3.63) is 0 Å². The summed E-state index contributed by atoms with van der Waals surface area (Å²) >= 11 is 0. The molecule has 0 aromatic heterocycles. The zero-order valence-corrected chi connectivity index (χ0v) is 22.9. The Hall–Kier alpha value is -0.970. The van der Waals surface area contributed by atoms with Gasteiger partial charge in [-0.05, 0) is 32.1 Å². The van der Waals surface area contributed by atoms with E-state index in [9.17, 15) is 40.5 Å². The molecule has 40 heavy (non-hydrogen) atoms. The van der Waals surface area contributed by atoms with Crippen LogP contribution in [0, 0.1) is 5.92 Å². The molecule has 0 bridgehead atoms. The standard InChI is InChI=1S/C27H46O13/c1-13-19(29)21(31)22(32)26(36-13)38-15-9-5-6-10-16(15)39-27-23(33)24(20(30)18(12-28)40-27)37-17(25(34)35)11-14-7-3-2-4-8-14/h13-24,26-33H,2-12H2,1H3,(H,34,35)/t13?,15?,16?,17-,18?,19?,20?,21?,22?,23?,24?,26?,27?/m0/s1. The van der Waals surface area contributed by atoms with Crippen LogP contribution in [0.25, 0.3) is 0 Å². The summed E-state index contributed by atoms with van der Waals surface area (Å²) in [6.07, 6.45) is -8.00. The van der Waals surface area contributed by atoms with Gasteiger partial charge < -0.3 is 59.4 Å². The summed E-state index contributed by atoms with van der Waals surface area (Å²) in [6.45, 7) is 0.940. The topological polar surface area (TPSA) is 205 Å². The molecule has 4 aliphatic rings. The molecule has 13 nitrogen and oxygen atoms in total. The van der Waals surface area contributed by atoms with E-state index in [2.05, 4.69) is 0 Å². The fraction of sp³-hybridized carbons (Fsp3) is 0.963. The second-order valence-corrected chi connectivity index (χ2v) is 11.7. The zero-order valence-electron chi connectivity index (χ0n) is 22.9. The van der Waals surface area contributed by atoms with Crippen LogP contribution in [0.2, 0.25) is 0 Å². The first-order chi connectivity index (χ1) is 19.1. The largest absolute Gasteiger partial charge is 0.479 e. The van der Waals surface area contributed by atoms with Crippen molar-refractivity contribution in [2.24, 2.45) is 5.92 Å². The third-order valence-electron chi connectivity index (χ3n) is 8.76. The minimum absolute atomic E-state index is 0.171. The van der Waals surface area contributed by atoms with Gasteiger partial charge in [0, 0.05) is 0 Å². The lowest BCUT2D eigenvalue weighted by Gasteiger charge is -2.46. The van der Waals surface area contributed by atoms with E-state index in [4.69, 9.17) is 23.7 Å². The molecule has 0 aromatic rings. The van der Waals surface area contributed by atoms with E-state index in [0.29, 0.717) is 12.8 Å². The van der Waals surface area contributed by atoms with Crippen LogP contribution in [-0.2, 0) is 28.5 Å². The third-order valence-corrected chi connectivity index (χ3v) is 8.76. The Morgan fingerprint density at radius 3 is 1.93 bits per heavy atom. The van der Waals surface area contributed by atoms with Gasteiger partial charge >= 0.3 is 5.97 Å². The molecule has 4 fully saturated rings. The Balaban J connectivity index is 1.43. The molecule has 13 heteroatoms. The van der Waals surface area contributed by atoms with Crippen molar-refractivity contribution in [3.8, 4) is 0 Å². The van der Waals surface area contributed by atoms with Gasteiger partial charge in [0.15, 0.2) is 18.7 Å². The molecule has 2 heterocycles. The van der Waals surface area contributed by atoms with E-state index in [1.165, 1.54) is 0 Å². The van der Waals surface area contributed by atoms with Gasteiger partial charge in [-0.2, -0.15) is 0 Å². The molecule has 7 N–H and O–H groups in total. The number of ether oxygens (including phenoxy) is 5. The van der Waals surface area contributed by atoms with E-state index < -0.39 is 92.3 Å². The second kappa shape index (κ2) is 14.5. The van der Waals surface area contributed by atoms with Crippen molar-refractivity contribution < 1.29 is 64.2 Å². The lowest BCUT2D eigenvalue weighted by atomic mass is 9.85. The molecular weight excluding hydrogens is 532 g/mol. The van der Waals surface area contributed by atoms with Crippen LogP contribution >= 0.6 is 0 Å². The molecule has 4 rings (SSSR count). The fourth-order valence-electron chi connectivity index (χ4n) is 6.30. The quantitative estimate of drug-likeness (QED) is 0.173. The summed E-state index contributed by atoms with van der Waals surface area (Å²) in [6, 6.07) is 0. The maximum Gasteiger partial charge on any atom is 0.332 e. The van der Waals surface area contributed by atoms with Gasteiger partial charge in [-0.1, -0.05) is 44.9 Å². The van der Waals surface area contributed by atoms with Gasteiger partial charge in [0.1, 0.15) is 42.7 Å². The highest BCUT2D eigenvalue weighted by molar-refractivity contribution is 5.72. The predicted molar refractivity (Wildman–Crippen MR) is 136 cm³/mol. The Morgan fingerprint density at radius 2 is 1.35 bits per heavy atom. The van der Waals surface area contributed by atoms with Crippen LogP contribution < -0.4 is 0 Å². The smallest absolute Gasteiger partial charge is 0.332 e. The molecule has 2 saturated heterocycles. The predicted octanol–water partition coefficient (Wildman–Crippen LogP) is -0.594. The highest BCUT2D eigenvalue weighted by Gasteiger charge is 2.50. The maximum absolute atomic E-state index is 12.1. The molecule has 2 saturated carbocycles. The molecule has 2 aliphatic heterocycles. The second-order valence-electron chi connectivity index (χ2n) is 11.7. The van der Waals surface area contributed by atoms with E-state index in [0.717, 1.165) is 44.9 Å². The Kier molecular flexibility index (Phi) is 11.6. The molecule has 0 aromatic carbocycles. The lowest BCUT2D eigenvalue weighted by molar-refractivity contribution is -0.345. The van der Waals surface area contributed by atoms with Crippen molar-refractivity contribution in [2.75, 3.05) is 6.61 Å². The Bertz CT molecular complexity index is 794. The average molecular weight is 579 g/mol. The monoisotopic (exact) mass is 578 g/mol. The molecule has 13 atom stereocenters. The lowest BCUT2D eigenvalue weighted by Crippen LogP contribution is -2.62. The van der Waals surface area contributed by atoms with Crippen molar-refractivity contribution in [3.63, 3.8) is 0 Å². The van der Waals surface area contributed by atoms with Gasteiger partial charge in [0.2, 0.25) is 0 Å². The number of hydrogen-bond donors (Lipinski definition) is 7. The van der Waals surface area contributed by atoms with E-state index in [1.807, 2.05) is 0 Å². The minimum Gasteiger partial charge on any atom is -0.479 e. The number of hydrogen-bond acceptors (Lipinski definition) is 12. The SMILES string of the molecule is CC1OC(OC2CCCCC2OC2OC(CO)C(O)C(O[C@@H](CC3CCCCC3)C(=O)O)C2O)C(O)C(O)C1O. The first kappa shape index (κ1) is 32.0. The molecule has 232 valence electrons. The van der Waals surface area contributed by atoms with Crippen LogP contribution in [0.5, 0.6) is 0 Å². The van der Waals surface area contributed by atoms with Gasteiger partial charge in [-0.25, -0.2) is 4.79 Å². The van der Waals surface area contributed by atoms with E-state index >= 15 is 0 Å². The van der Waals surface area contributed by atoms with Gasteiger partial charge in [0.25, 0.3) is 0 Å². The molecule has 0 amide bonds. The molecule has 2 aliphatic carbocycles. The molecule has 0 spiro atoms. The first-order valence-electron chi connectivity index (χ1n) is 14.6. The van der Waals surface area contributed by atoms with Crippen molar-refractivity contribution in [1.29, 1.82) is 0 Å². The van der Waals surface area contributed by atoms with E-state index in [1.54, 1.807) is 6.92 Å². The van der Waals surface area contributed by atoms with E-state index in [-0.39, 0.29) is 12.3 Å². The van der Waals surface area contributed by atoms with Crippen LogP contribution in [-0.4, -0.2) is 128 Å². The van der Waals surface area contributed by atoms with Gasteiger partial charge in [-0.15, -0.1) is 0 Å². The van der Waals surface area contributed by atoms with Crippen molar-refractivity contribution >= 4 is 5.97 Å². The number of rotatable bonds is 10.